The highest BCUT2D eigenvalue weighted by atomic mass is 19.1. The number of carbonyl (C=O) groups excluding carboxylic acids is 1. The second-order valence-electron chi connectivity index (χ2n) is 7.11. The van der Waals surface area contributed by atoms with Crippen molar-refractivity contribution in [3.05, 3.63) is 52.6 Å². The van der Waals surface area contributed by atoms with Crippen LogP contribution >= 0.6 is 0 Å². The molecule has 0 aliphatic carbocycles. The van der Waals surface area contributed by atoms with Gasteiger partial charge in [0.2, 0.25) is 0 Å². The fourth-order valence-electron chi connectivity index (χ4n) is 3.75. The van der Waals surface area contributed by atoms with E-state index in [9.17, 15) is 9.18 Å². The van der Waals surface area contributed by atoms with E-state index in [-0.39, 0.29) is 17.8 Å². The maximum Gasteiger partial charge on any atom is 0.272 e. The third-order valence-electron chi connectivity index (χ3n) is 5.26. The molecule has 0 spiro atoms. The number of benzene rings is 1. The number of likely N-dealkylation sites (tertiary alicyclic amines) is 1. The quantitative estimate of drug-likeness (QED) is 0.777. The molecule has 1 aromatic heterocycles. The Bertz CT molecular complexity index is 765. The number of H-pyrrole nitrogens is 1. The minimum atomic E-state index is -0.203. The second kappa shape index (κ2) is 7.55. The van der Waals surface area contributed by atoms with Gasteiger partial charge >= 0.3 is 0 Å². The average molecular weight is 357 g/mol. The zero-order valence-corrected chi connectivity index (χ0v) is 14.7. The maximum absolute atomic E-state index is 13.0. The van der Waals surface area contributed by atoms with Gasteiger partial charge in [-0.15, -0.1) is 0 Å². The van der Waals surface area contributed by atoms with Crippen LogP contribution in [0.15, 0.2) is 24.3 Å². The topological polar surface area (TPSA) is 73.0 Å². The molecule has 0 radical (unpaired) electrons. The van der Waals surface area contributed by atoms with Gasteiger partial charge in [-0.2, -0.15) is 5.10 Å². The summed E-state index contributed by atoms with van der Waals surface area (Å²) >= 11 is 0. The molecule has 7 heteroatoms. The summed E-state index contributed by atoms with van der Waals surface area (Å²) in [6, 6.07) is 6.84. The smallest absolute Gasteiger partial charge is 0.272 e. The van der Waals surface area contributed by atoms with Gasteiger partial charge in [0.15, 0.2) is 5.69 Å². The molecule has 2 aromatic rings. The third-order valence-corrected chi connectivity index (χ3v) is 5.26. The van der Waals surface area contributed by atoms with Crippen molar-refractivity contribution in [1.82, 2.24) is 25.7 Å². The van der Waals surface area contributed by atoms with E-state index in [1.807, 2.05) is 12.1 Å². The molecule has 0 saturated carbocycles. The summed E-state index contributed by atoms with van der Waals surface area (Å²) in [7, 11) is 0. The minimum Gasteiger partial charge on any atom is -0.348 e. The van der Waals surface area contributed by atoms with E-state index < -0.39 is 0 Å². The van der Waals surface area contributed by atoms with Crippen LogP contribution in [0.4, 0.5) is 4.39 Å². The van der Waals surface area contributed by atoms with E-state index in [4.69, 9.17) is 0 Å². The summed E-state index contributed by atoms with van der Waals surface area (Å²) in [4.78, 5) is 14.9. The Kier molecular flexibility index (Phi) is 4.99. The lowest BCUT2D eigenvalue weighted by Crippen LogP contribution is -2.44. The lowest BCUT2D eigenvalue weighted by Gasteiger charge is -2.32. The number of aromatic amines is 1. The molecule has 2 aliphatic heterocycles. The largest absolute Gasteiger partial charge is 0.348 e. The summed E-state index contributed by atoms with van der Waals surface area (Å²) in [5, 5.41) is 13.6. The van der Waals surface area contributed by atoms with Crippen molar-refractivity contribution in [2.24, 2.45) is 0 Å². The number of fused-ring (bicyclic) bond motifs is 1. The third kappa shape index (κ3) is 3.78. The number of amides is 1. The number of carbonyl (C=O) groups is 1. The van der Waals surface area contributed by atoms with Crippen molar-refractivity contribution >= 4 is 5.91 Å². The Morgan fingerprint density at radius 1 is 1.27 bits per heavy atom. The van der Waals surface area contributed by atoms with Gasteiger partial charge in [-0.05, 0) is 30.5 Å². The Labute approximate surface area is 152 Å². The van der Waals surface area contributed by atoms with Crippen LogP contribution in [0.3, 0.4) is 0 Å². The van der Waals surface area contributed by atoms with E-state index in [0.717, 1.165) is 62.3 Å². The molecule has 26 heavy (non-hydrogen) atoms. The van der Waals surface area contributed by atoms with E-state index in [1.165, 1.54) is 12.1 Å². The molecule has 0 unspecified atom stereocenters. The van der Waals surface area contributed by atoms with Crippen LogP contribution in [0.1, 0.15) is 40.2 Å². The standard InChI is InChI=1S/C19H24FN5O/c20-14-3-1-13(2-4-14)12-25-9-6-15(7-10-25)22-19(26)18-16-11-21-8-5-17(16)23-24-18/h1-4,15,21H,5-12H2,(H,22,26)(H,23,24). The predicted octanol–water partition coefficient (Wildman–Crippen LogP) is 1.59. The van der Waals surface area contributed by atoms with Crippen molar-refractivity contribution < 1.29 is 9.18 Å². The number of piperidine rings is 1. The number of halogens is 1. The molecule has 0 bridgehead atoms. The summed E-state index contributed by atoms with van der Waals surface area (Å²) in [5.41, 5.74) is 3.72. The molecule has 1 aromatic carbocycles. The van der Waals surface area contributed by atoms with Gasteiger partial charge in [-0.1, -0.05) is 12.1 Å². The number of nitrogens with zero attached hydrogens (tertiary/aromatic N) is 2. The molecule has 6 nitrogen and oxygen atoms in total. The number of nitrogens with one attached hydrogen (secondary N) is 3. The van der Waals surface area contributed by atoms with Crippen molar-refractivity contribution in [1.29, 1.82) is 0 Å². The maximum atomic E-state index is 13.0. The number of aromatic nitrogens is 2. The van der Waals surface area contributed by atoms with Crippen LogP contribution < -0.4 is 10.6 Å². The summed E-state index contributed by atoms with van der Waals surface area (Å²) in [6.07, 6.45) is 2.72. The van der Waals surface area contributed by atoms with Gasteiger partial charge in [0.05, 0.1) is 0 Å². The monoisotopic (exact) mass is 357 g/mol. The molecule has 1 saturated heterocycles. The predicted molar refractivity (Wildman–Crippen MR) is 96.2 cm³/mol. The normalized spacial score (nSPS) is 18.5. The van der Waals surface area contributed by atoms with Gasteiger partial charge in [-0.3, -0.25) is 14.8 Å². The van der Waals surface area contributed by atoms with Crippen LogP contribution in [0, 0.1) is 5.82 Å². The first kappa shape index (κ1) is 17.2. The molecule has 138 valence electrons. The average Bonchev–Trinajstić information content (AvgIpc) is 3.09. The molecule has 0 atom stereocenters. The minimum absolute atomic E-state index is 0.0804. The van der Waals surface area contributed by atoms with E-state index >= 15 is 0 Å². The summed E-state index contributed by atoms with van der Waals surface area (Å²) in [5.74, 6) is -0.283. The Morgan fingerprint density at radius 3 is 2.81 bits per heavy atom. The second-order valence-corrected chi connectivity index (χ2v) is 7.11. The van der Waals surface area contributed by atoms with Crippen molar-refractivity contribution in [3.8, 4) is 0 Å². The van der Waals surface area contributed by atoms with Crippen LogP contribution in [0.2, 0.25) is 0 Å². The Morgan fingerprint density at radius 2 is 2.04 bits per heavy atom. The van der Waals surface area contributed by atoms with Crippen molar-refractivity contribution in [2.75, 3.05) is 19.6 Å². The van der Waals surface area contributed by atoms with Crippen molar-refractivity contribution in [3.63, 3.8) is 0 Å². The van der Waals surface area contributed by atoms with Gasteiger partial charge in [0, 0.05) is 56.4 Å². The zero-order chi connectivity index (χ0) is 17.9. The lowest BCUT2D eigenvalue weighted by molar-refractivity contribution is 0.0902. The molecular weight excluding hydrogens is 333 g/mol. The number of hydrogen-bond acceptors (Lipinski definition) is 4. The van der Waals surface area contributed by atoms with Gasteiger partial charge in [0.1, 0.15) is 5.82 Å². The highest BCUT2D eigenvalue weighted by Gasteiger charge is 2.25. The van der Waals surface area contributed by atoms with E-state index in [2.05, 4.69) is 25.7 Å². The number of hydrogen-bond donors (Lipinski definition) is 3. The first-order valence-corrected chi connectivity index (χ1v) is 9.23. The zero-order valence-electron chi connectivity index (χ0n) is 14.7. The van der Waals surface area contributed by atoms with E-state index in [1.54, 1.807) is 0 Å². The SMILES string of the molecule is O=C(NC1CCN(Cc2ccc(F)cc2)CC1)c1n[nH]c2c1CNCC2. The van der Waals surface area contributed by atoms with Gasteiger partial charge in [-0.25, -0.2) is 4.39 Å². The van der Waals surface area contributed by atoms with Crippen molar-refractivity contribution in [2.45, 2.75) is 38.4 Å². The first-order chi connectivity index (χ1) is 12.7. The molecular formula is C19H24FN5O. The summed E-state index contributed by atoms with van der Waals surface area (Å²) < 4.78 is 13.0. The lowest BCUT2D eigenvalue weighted by atomic mass is 10.0. The van der Waals surface area contributed by atoms with Gasteiger partial charge < -0.3 is 10.6 Å². The highest BCUT2D eigenvalue weighted by molar-refractivity contribution is 5.94. The first-order valence-electron chi connectivity index (χ1n) is 9.23. The summed E-state index contributed by atoms with van der Waals surface area (Å²) in [6.45, 7) is 4.28. The molecule has 4 rings (SSSR count). The number of rotatable bonds is 4. The molecule has 2 aliphatic rings. The van der Waals surface area contributed by atoms with Crippen LogP contribution in [0.25, 0.3) is 0 Å². The van der Waals surface area contributed by atoms with E-state index in [0.29, 0.717) is 12.2 Å². The molecule has 1 amide bonds. The Balaban J connectivity index is 1.29. The Hall–Kier alpha value is -2.25. The van der Waals surface area contributed by atoms with Gasteiger partial charge in [0.25, 0.3) is 5.91 Å². The fraction of sp³-hybridized carbons (Fsp3) is 0.474. The molecule has 3 N–H and O–H groups in total. The fourth-order valence-corrected chi connectivity index (χ4v) is 3.75. The van der Waals surface area contributed by atoms with Crippen LogP contribution in [-0.2, 0) is 19.5 Å². The van der Waals surface area contributed by atoms with Crippen LogP contribution in [0.5, 0.6) is 0 Å². The molecule has 3 heterocycles. The highest BCUT2D eigenvalue weighted by Crippen LogP contribution is 2.18. The van der Waals surface area contributed by atoms with Crippen LogP contribution in [-0.4, -0.2) is 46.7 Å². The molecule has 1 fully saturated rings.